The smallest absolute Gasteiger partial charge is 0.333 e. The molecule has 3 heterocycles. The third-order valence-corrected chi connectivity index (χ3v) is 20.1. The first-order chi connectivity index (χ1) is 32.6. The molecule has 7 aromatic carbocycles. The fourth-order valence-corrected chi connectivity index (χ4v) is 15.4. The second-order valence-corrected chi connectivity index (χ2v) is 27.2. The summed E-state index contributed by atoms with van der Waals surface area (Å²) in [5, 5.41) is 5.33. The summed E-state index contributed by atoms with van der Waals surface area (Å²) < 4.78 is 2.69. The van der Waals surface area contributed by atoms with Crippen molar-refractivity contribution in [2.45, 2.75) is 161 Å². The first-order valence-electron chi connectivity index (χ1n) is 26.2. The van der Waals surface area contributed by atoms with Crippen molar-refractivity contribution in [3.05, 3.63) is 148 Å². The number of fused-ring (bicyclic) bond motifs is 13. The van der Waals surface area contributed by atoms with Crippen LogP contribution in [0, 0.1) is 6.92 Å². The molecule has 2 nitrogen and oxygen atoms in total. The van der Waals surface area contributed by atoms with Gasteiger partial charge in [0.2, 0.25) is 0 Å². The molecule has 0 amide bonds. The van der Waals surface area contributed by atoms with E-state index in [1.165, 1.54) is 159 Å². The minimum Gasteiger partial charge on any atom is -0.376 e. The van der Waals surface area contributed by atoms with Crippen molar-refractivity contribution >= 4 is 88.5 Å². The summed E-state index contributed by atoms with van der Waals surface area (Å²) in [5.74, 6) is 0. The largest absolute Gasteiger partial charge is 0.376 e. The van der Waals surface area contributed by atoms with Crippen LogP contribution in [0.3, 0.4) is 0 Å². The Labute approximate surface area is 416 Å². The fraction of sp³-hybridized carbons (Fsp3) is 0.385. The molecule has 0 saturated heterocycles. The van der Waals surface area contributed by atoms with Crippen LogP contribution >= 0.6 is 11.3 Å². The van der Waals surface area contributed by atoms with Gasteiger partial charge in [0.25, 0.3) is 0 Å². The molecular formula is C65H69BN2S. The van der Waals surface area contributed by atoms with Gasteiger partial charge in [0, 0.05) is 48.2 Å². The predicted molar refractivity (Wildman–Crippen MR) is 301 cm³/mol. The molecule has 1 aromatic heterocycles. The Morgan fingerprint density at radius 2 is 0.986 bits per heavy atom. The maximum absolute atomic E-state index is 2.84. The van der Waals surface area contributed by atoms with E-state index in [0.29, 0.717) is 0 Å². The lowest BCUT2D eigenvalue weighted by atomic mass is 9.42. The molecule has 0 N–H and O–H groups in total. The molecule has 5 aliphatic rings. The molecule has 3 aliphatic carbocycles. The summed E-state index contributed by atoms with van der Waals surface area (Å²) in [4.78, 5) is 5.64. The Morgan fingerprint density at radius 1 is 0.449 bits per heavy atom. The highest BCUT2D eigenvalue weighted by atomic mass is 32.1. The van der Waals surface area contributed by atoms with Gasteiger partial charge in [-0.3, -0.25) is 0 Å². The van der Waals surface area contributed by atoms with E-state index < -0.39 is 0 Å². The molecule has 8 aromatic rings. The lowest BCUT2D eigenvalue weighted by molar-refractivity contribution is 0.332. The Kier molecular flexibility index (Phi) is 8.84. The topological polar surface area (TPSA) is 6.48 Å². The summed E-state index contributed by atoms with van der Waals surface area (Å²) in [6.45, 7) is 32.1. The predicted octanol–water partition coefficient (Wildman–Crippen LogP) is 17.3. The molecule has 0 bridgehead atoms. The second-order valence-electron chi connectivity index (χ2n) is 26.1. The first-order valence-corrected chi connectivity index (χ1v) is 27.0. The van der Waals surface area contributed by atoms with Crippen LogP contribution < -0.4 is 20.6 Å². The third-order valence-electron chi connectivity index (χ3n) is 18.9. The van der Waals surface area contributed by atoms with Gasteiger partial charge in [-0.1, -0.05) is 144 Å². The van der Waals surface area contributed by atoms with E-state index in [4.69, 9.17) is 0 Å². The standard InChI is InChI=1S/C65H69BN2S/c1-38-32-46-49(64(10,11)30-28-61(46,4)5)36-52(38)67-58-41-19-15-14-18-39(41)33-44-43-35-48-50(65(12,13)31-29-63(48,8)9)37-53(43)68(40-22-23-45-47(34-40)62(6,7)27-26-60(45,2)3)66(57(44)58)51-24-25-55-56(59(51)67)42-20-16-17-21-54(42)69-55/h14-25,32-37H,26-31H2,1-13H3. The van der Waals surface area contributed by atoms with Crippen LogP contribution in [-0.2, 0) is 32.5 Å². The van der Waals surface area contributed by atoms with E-state index in [1.807, 2.05) is 11.3 Å². The molecule has 348 valence electrons. The summed E-state index contributed by atoms with van der Waals surface area (Å²) in [7, 11) is 0. The Bertz CT molecular complexity index is 3560. The van der Waals surface area contributed by atoms with Crippen molar-refractivity contribution in [1.29, 1.82) is 0 Å². The van der Waals surface area contributed by atoms with E-state index in [-0.39, 0.29) is 39.3 Å². The lowest BCUT2D eigenvalue weighted by Gasteiger charge is -2.49. The molecule has 69 heavy (non-hydrogen) atoms. The van der Waals surface area contributed by atoms with Crippen LogP contribution in [0.25, 0.3) is 42.1 Å². The van der Waals surface area contributed by atoms with Crippen LogP contribution in [0.2, 0.25) is 0 Å². The highest BCUT2D eigenvalue weighted by molar-refractivity contribution is 7.26. The van der Waals surface area contributed by atoms with Crippen molar-refractivity contribution in [3.63, 3.8) is 0 Å². The van der Waals surface area contributed by atoms with Gasteiger partial charge in [-0.2, -0.15) is 0 Å². The van der Waals surface area contributed by atoms with Crippen LogP contribution in [-0.4, -0.2) is 6.85 Å². The van der Waals surface area contributed by atoms with Crippen molar-refractivity contribution in [1.82, 2.24) is 0 Å². The van der Waals surface area contributed by atoms with Gasteiger partial charge in [0.05, 0.1) is 11.4 Å². The van der Waals surface area contributed by atoms with E-state index in [1.54, 1.807) is 0 Å². The minimum atomic E-state index is -0.0785. The maximum atomic E-state index is 2.84. The number of hydrogen-bond donors (Lipinski definition) is 0. The van der Waals surface area contributed by atoms with Crippen molar-refractivity contribution in [2.24, 2.45) is 0 Å². The number of anilines is 5. The number of aryl methyl sites for hydroxylation is 1. The quantitative estimate of drug-likeness (QED) is 0.159. The first kappa shape index (κ1) is 43.7. The van der Waals surface area contributed by atoms with Gasteiger partial charge < -0.3 is 9.71 Å². The highest BCUT2D eigenvalue weighted by Gasteiger charge is 2.50. The fourth-order valence-electron chi connectivity index (χ4n) is 14.3. The number of rotatable bonds is 2. The average Bonchev–Trinajstić information content (AvgIpc) is 3.70. The van der Waals surface area contributed by atoms with Crippen molar-refractivity contribution < 1.29 is 0 Å². The average molecular weight is 921 g/mol. The molecule has 0 radical (unpaired) electrons. The third kappa shape index (κ3) is 6.03. The molecule has 0 saturated carbocycles. The van der Waals surface area contributed by atoms with Crippen LogP contribution in [0.4, 0.5) is 28.4 Å². The zero-order valence-electron chi connectivity index (χ0n) is 43.5. The summed E-state index contributed by atoms with van der Waals surface area (Å²) in [6, 6.07) is 44.4. The zero-order valence-corrected chi connectivity index (χ0v) is 44.3. The van der Waals surface area contributed by atoms with Gasteiger partial charge in [-0.25, -0.2) is 0 Å². The number of hydrogen-bond acceptors (Lipinski definition) is 3. The molecule has 0 atom stereocenters. The van der Waals surface area contributed by atoms with E-state index in [2.05, 4.69) is 209 Å². The molecular weight excluding hydrogens is 852 g/mol. The molecule has 2 aliphatic heterocycles. The molecule has 0 fully saturated rings. The zero-order chi connectivity index (χ0) is 48.1. The molecule has 0 spiro atoms. The van der Waals surface area contributed by atoms with Crippen LogP contribution in [0.1, 0.15) is 161 Å². The van der Waals surface area contributed by atoms with Gasteiger partial charge in [-0.05, 0) is 187 Å². The highest BCUT2D eigenvalue weighted by Crippen LogP contribution is 2.58. The SMILES string of the molecule is Cc1cc2c(cc1N1c3c4c(cc5ccccc35)-c3cc5c(cc3N(c3ccc6c(c3)C(C)(C)CCC6(C)C)B4c3ccc4sc6ccccc6c4c31)C(C)(C)CCC5(C)C)C(C)(C)CCC2(C)C. The lowest BCUT2D eigenvalue weighted by Crippen LogP contribution is -2.62. The van der Waals surface area contributed by atoms with E-state index in [9.17, 15) is 0 Å². The summed E-state index contributed by atoms with van der Waals surface area (Å²) >= 11 is 1.94. The summed E-state index contributed by atoms with van der Waals surface area (Å²) in [6.07, 6.45) is 7.12. The number of nitrogens with zero attached hydrogens (tertiary/aromatic N) is 2. The minimum absolute atomic E-state index is 0.0532. The van der Waals surface area contributed by atoms with Gasteiger partial charge >= 0.3 is 6.85 Å². The number of thiophene rings is 1. The second kappa shape index (κ2) is 14.0. The molecule has 0 unspecified atom stereocenters. The Balaban J connectivity index is 1.22. The van der Waals surface area contributed by atoms with E-state index in [0.717, 1.165) is 0 Å². The van der Waals surface area contributed by atoms with Crippen LogP contribution in [0.15, 0.2) is 109 Å². The molecule has 13 rings (SSSR count). The maximum Gasteiger partial charge on any atom is 0.333 e. The monoisotopic (exact) mass is 921 g/mol. The normalized spacial score (nSPS) is 20.5. The van der Waals surface area contributed by atoms with E-state index >= 15 is 0 Å². The van der Waals surface area contributed by atoms with Gasteiger partial charge in [0.1, 0.15) is 0 Å². The Hall–Kier alpha value is -5.32. The number of benzene rings is 7. The summed E-state index contributed by atoms with van der Waals surface area (Å²) in [5.41, 5.74) is 23.1. The van der Waals surface area contributed by atoms with Crippen molar-refractivity contribution in [2.75, 3.05) is 9.71 Å². The van der Waals surface area contributed by atoms with Crippen LogP contribution in [0.5, 0.6) is 0 Å². The molecule has 4 heteroatoms. The van der Waals surface area contributed by atoms with Gasteiger partial charge in [0.15, 0.2) is 0 Å². The Morgan fingerprint density at radius 3 is 1.64 bits per heavy atom. The van der Waals surface area contributed by atoms with Crippen molar-refractivity contribution in [3.8, 4) is 11.1 Å². The van der Waals surface area contributed by atoms with Gasteiger partial charge in [-0.15, -0.1) is 11.3 Å².